The van der Waals surface area contributed by atoms with Gasteiger partial charge in [0.2, 0.25) is 5.91 Å². The Morgan fingerprint density at radius 1 is 1.24 bits per heavy atom. The number of amides is 1. The SMILES string of the molecule is CCCNCCc1nc(-c2ccc(NC(C)=O)cc2)cs1. The van der Waals surface area contributed by atoms with Crippen molar-refractivity contribution in [3.63, 3.8) is 0 Å². The minimum Gasteiger partial charge on any atom is -0.326 e. The zero-order chi connectivity index (χ0) is 15.1. The summed E-state index contributed by atoms with van der Waals surface area (Å²) >= 11 is 1.70. The van der Waals surface area contributed by atoms with Crippen molar-refractivity contribution >= 4 is 22.9 Å². The number of rotatable bonds is 7. The molecule has 4 nitrogen and oxygen atoms in total. The van der Waals surface area contributed by atoms with E-state index in [-0.39, 0.29) is 5.91 Å². The van der Waals surface area contributed by atoms with Crippen LogP contribution >= 0.6 is 11.3 Å². The summed E-state index contributed by atoms with van der Waals surface area (Å²) in [6.45, 7) is 5.71. The van der Waals surface area contributed by atoms with E-state index in [9.17, 15) is 4.79 Å². The smallest absolute Gasteiger partial charge is 0.221 e. The van der Waals surface area contributed by atoms with Crippen LogP contribution in [0.4, 0.5) is 5.69 Å². The quantitative estimate of drug-likeness (QED) is 0.772. The van der Waals surface area contributed by atoms with Gasteiger partial charge in [0.15, 0.2) is 0 Å². The van der Waals surface area contributed by atoms with Gasteiger partial charge < -0.3 is 10.6 Å². The van der Waals surface area contributed by atoms with Gasteiger partial charge in [-0.3, -0.25) is 4.79 Å². The predicted octanol–water partition coefficient (Wildman–Crippen LogP) is 3.31. The lowest BCUT2D eigenvalue weighted by atomic mass is 10.1. The summed E-state index contributed by atoms with van der Waals surface area (Å²) < 4.78 is 0. The van der Waals surface area contributed by atoms with Crippen LogP contribution < -0.4 is 10.6 Å². The van der Waals surface area contributed by atoms with Gasteiger partial charge in [0.1, 0.15) is 0 Å². The molecule has 0 aliphatic carbocycles. The molecule has 0 unspecified atom stereocenters. The van der Waals surface area contributed by atoms with Crippen LogP contribution in [0.15, 0.2) is 29.6 Å². The number of hydrogen-bond acceptors (Lipinski definition) is 4. The Morgan fingerprint density at radius 2 is 2.00 bits per heavy atom. The number of carbonyl (C=O) groups excluding carboxylic acids is 1. The first-order chi connectivity index (χ1) is 10.2. The zero-order valence-corrected chi connectivity index (χ0v) is 13.3. The third-order valence-electron chi connectivity index (χ3n) is 3.00. The van der Waals surface area contributed by atoms with Crippen molar-refractivity contribution in [2.45, 2.75) is 26.7 Å². The van der Waals surface area contributed by atoms with E-state index in [0.717, 1.165) is 47.9 Å². The van der Waals surface area contributed by atoms with Gasteiger partial charge >= 0.3 is 0 Å². The molecule has 0 aliphatic heterocycles. The summed E-state index contributed by atoms with van der Waals surface area (Å²) in [6.07, 6.45) is 2.12. The van der Waals surface area contributed by atoms with Crippen LogP contribution in [0.2, 0.25) is 0 Å². The molecule has 1 aromatic heterocycles. The Kier molecular flexibility index (Phi) is 5.90. The van der Waals surface area contributed by atoms with Gasteiger partial charge in [0.05, 0.1) is 10.7 Å². The molecule has 0 saturated heterocycles. The fourth-order valence-electron chi connectivity index (χ4n) is 1.98. The molecule has 0 spiro atoms. The van der Waals surface area contributed by atoms with E-state index < -0.39 is 0 Å². The van der Waals surface area contributed by atoms with Gasteiger partial charge in [-0.15, -0.1) is 11.3 Å². The lowest BCUT2D eigenvalue weighted by Crippen LogP contribution is -2.17. The summed E-state index contributed by atoms with van der Waals surface area (Å²) in [5.41, 5.74) is 2.89. The minimum atomic E-state index is -0.0572. The molecule has 1 amide bonds. The van der Waals surface area contributed by atoms with Gasteiger partial charge in [-0.1, -0.05) is 19.1 Å². The van der Waals surface area contributed by atoms with Gasteiger partial charge in [-0.25, -0.2) is 4.98 Å². The molecule has 0 aliphatic rings. The maximum absolute atomic E-state index is 11.0. The predicted molar refractivity (Wildman–Crippen MR) is 88.7 cm³/mol. The molecule has 0 saturated carbocycles. The molecule has 112 valence electrons. The van der Waals surface area contributed by atoms with E-state index in [1.165, 1.54) is 6.92 Å². The van der Waals surface area contributed by atoms with Crippen molar-refractivity contribution in [2.75, 3.05) is 18.4 Å². The number of nitrogens with zero attached hydrogens (tertiary/aromatic N) is 1. The van der Waals surface area contributed by atoms with Gasteiger partial charge in [-0.05, 0) is 25.1 Å². The fourth-order valence-corrected chi connectivity index (χ4v) is 2.79. The van der Waals surface area contributed by atoms with Crippen LogP contribution in [0.3, 0.4) is 0 Å². The van der Waals surface area contributed by atoms with Crippen LogP contribution in [-0.2, 0) is 11.2 Å². The number of benzene rings is 1. The summed E-state index contributed by atoms with van der Waals surface area (Å²) in [7, 11) is 0. The van der Waals surface area contributed by atoms with Crippen LogP contribution in [0.5, 0.6) is 0 Å². The lowest BCUT2D eigenvalue weighted by Gasteiger charge is -2.03. The van der Waals surface area contributed by atoms with Gasteiger partial charge in [0, 0.05) is 36.5 Å². The molecular formula is C16H21N3OS. The van der Waals surface area contributed by atoms with Crippen LogP contribution in [0.25, 0.3) is 11.3 Å². The van der Waals surface area contributed by atoms with E-state index in [2.05, 4.69) is 27.9 Å². The monoisotopic (exact) mass is 303 g/mol. The Morgan fingerprint density at radius 3 is 2.67 bits per heavy atom. The van der Waals surface area contributed by atoms with Gasteiger partial charge in [0.25, 0.3) is 0 Å². The Bertz CT molecular complexity index is 577. The van der Waals surface area contributed by atoms with Crippen molar-refractivity contribution in [1.82, 2.24) is 10.3 Å². The van der Waals surface area contributed by atoms with Crippen molar-refractivity contribution in [2.24, 2.45) is 0 Å². The zero-order valence-electron chi connectivity index (χ0n) is 12.5. The molecule has 21 heavy (non-hydrogen) atoms. The Balaban J connectivity index is 1.95. The number of hydrogen-bond donors (Lipinski definition) is 2. The highest BCUT2D eigenvalue weighted by molar-refractivity contribution is 7.09. The summed E-state index contributed by atoms with van der Waals surface area (Å²) in [5, 5.41) is 9.39. The van der Waals surface area contributed by atoms with E-state index in [0.29, 0.717) is 0 Å². The molecular weight excluding hydrogens is 282 g/mol. The highest BCUT2D eigenvalue weighted by Crippen LogP contribution is 2.23. The molecule has 1 heterocycles. The van der Waals surface area contributed by atoms with Crippen LogP contribution in [-0.4, -0.2) is 24.0 Å². The average molecular weight is 303 g/mol. The van der Waals surface area contributed by atoms with Crippen molar-refractivity contribution in [3.8, 4) is 11.3 Å². The minimum absolute atomic E-state index is 0.0572. The second-order valence-corrected chi connectivity index (χ2v) is 5.83. The van der Waals surface area contributed by atoms with Crippen molar-refractivity contribution in [1.29, 1.82) is 0 Å². The van der Waals surface area contributed by atoms with Gasteiger partial charge in [-0.2, -0.15) is 0 Å². The molecule has 2 aromatic rings. The highest BCUT2D eigenvalue weighted by Gasteiger charge is 2.05. The average Bonchev–Trinajstić information content (AvgIpc) is 2.93. The number of thiazole rings is 1. The van der Waals surface area contributed by atoms with Crippen LogP contribution in [0, 0.1) is 0 Å². The fraction of sp³-hybridized carbons (Fsp3) is 0.375. The molecule has 5 heteroatoms. The maximum atomic E-state index is 11.0. The third-order valence-corrected chi connectivity index (χ3v) is 3.90. The van der Waals surface area contributed by atoms with E-state index in [4.69, 9.17) is 0 Å². The number of aromatic nitrogens is 1. The lowest BCUT2D eigenvalue weighted by molar-refractivity contribution is -0.114. The van der Waals surface area contributed by atoms with Crippen molar-refractivity contribution < 1.29 is 4.79 Å². The molecule has 1 aromatic carbocycles. The Hall–Kier alpha value is -1.72. The summed E-state index contributed by atoms with van der Waals surface area (Å²) in [4.78, 5) is 15.7. The second-order valence-electron chi connectivity index (χ2n) is 4.89. The first-order valence-electron chi connectivity index (χ1n) is 7.22. The maximum Gasteiger partial charge on any atom is 0.221 e. The van der Waals surface area contributed by atoms with E-state index >= 15 is 0 Å². The number of anilines is 1. The summed E-state index contributed by atoms with van der Waals surface area (Å²) in [5.74, 6) is -0.0572. The molecule has 0 fully saturated rings. The first kappa shape index (κ1) is 15.7. The number of nitrogens with one attached hydrogen (secondary N) is 2. The first-order valence-corrected chi connectivity index (χ1v) is 8.10. The largest absolute Gasteiger partial charge is 0.326 e. The molecule has 2 N–H and O–H groups in total. The molecule has 2 rings (SSSR count). The van der Waals surface area contributed by atoms with E-state index in [1.54, 1.807) is 11.3 Å². The normalized spacial score (nSPS) is 10.6. The topological polar surface area (TPSA) is 54.0 Å². The highest BCUT2D eigenvalue weighted by atomic mass is 32.1. The molecule has 0 atom stereocenters. The Labute approximate surface area is 129 Å². The van der Waals surface area contributed by atoms with Crippen LogP contribution in [0.1, 0.15) is 25.3 Å². The third kappa shape index (κ3) is 4.95. The second kappa shape index (κ2) is 7.90. The molecule has 0 radical (unpaired) electrons. The number of carbonyl (C=O) groups is 1. The molecule has 0 bridgehead atoms. The van der Waals surface area contributed by atoms with Crippen molar-refractivity contribution in [3.05, 3.63) is 34.7 Å². The summed E-state index contributed by atoms with van der Waals surface area (Å²) in [6, 6.07) is 7.77. The standard InChI is InChI=1S/C16H21N3OS/c1-3-9-17-10-8-16-19-15(11-21-16)13-4-6-14(7-5-13)18-12(2)20/h4-7,11,17H,3,8-10H2,1-2H3,(H,18,20). The van der Waals surface area contributed by atoms with E-state index in [1.807, 2.05) is 24.3 Å².